The van der Waals surface area contributed by atoms with E-state index in [1.165, 1.54) is 10.4 Å². The second kappa shape index (κ2) is 6.04. The van der Waals surface area contributed by atoms with Crippen molar-refractivity contribution < 1.29 is 4.74 Å². The van der Waals surface area contributed by atoms with Crippen LogP contribution in [0.2, 0.25) is 0 Å². The number of thiocarbonyl (C=S) groups is 1. The van der Waals surface area contributed by atoms with Gasteiger partial charge in [-0.1, -0.05) is 12.2 Å². The topological polar surface area (TPSA) is 47.3 Å². The number of hydrogen-bond acceptors (Lipinski definition) is 4. The summed E-state index contributed by atoms with van der Waals surface area (Å²) in [5.74, 6) is 0.783. The van der Waals surface area contributed by atoms with E-state index in [1.807, 2.05) is 18.2 Å². The Morgan fingerprint density at radius 3 is 2.79 bits per heavy atom. The van der Waals surface area contributed by atoms with Gasteiger partial charge in [-0.15, -0.1) is 11.3 Å². The first kappa shape index (κ1) is 13.8. The number of nitrogens with two attached hydrogens (primary N) is 1. The van der Waals surface area contributed by atoms with Crippen LogP contribution in [0.1, 0.15) is 16.0 Å². The van der Waals surface area contributed by atoms with Crippen molar-refractivity contribution in [2.75, 3.05) is 12.4 Å². The summed E-state index contributed by atoms with van der Waals surface area (Å²) in [6.07, 6.45) is 0. The number of ether oxygens (including phenoxy) is 1. The summed E-state index contributed by atoms with van der Waals surface area (Å²) >= 11 is 6.80. The van der Waals surface area contributed by atoms with Crippen LogP contribution in [0.3, 0.4) is 0 Å². The first-order chi connectivity index (χ1) is 9.11. The molecule has 0 spiro atoms. The molecule has 0 saturated heterocycles. The predicted octanol–water partition coefficient (Wildman–Crippen LogP) is 3.31. The quantitative estimate of drug-likeness (QED) is 0.830. The fourth-order valence-corrected chi connectivity index (χ4v) is 2.80. The van der Waals surface area contributed by atoms with Gasteiger partial charge in [-0.2, -0.15) is 0 Å². The SMILES string of the molecule is COc1ccc(C(N)=S)c(NCc2sccc2C)c1. The predicted molar refractivity (Wildman–Crippen MR) is 85.3 cm³/mol. The molecular weight excluding hydrogens is 276 g/mol. The number of rotatable bonds is 5. The van der Waals surface area contributed by atoms with Gasteiger partial charge < -0.3 is 15.8 Å². The first-order valence-electron chi connectivity index (χ1n) is 5.86. The highest BCUT2D eigenvalue weighted by atomic mass is 32.1. The average Bonchev–Trinajstić information content (AvgIpc) is 2.81. The maximum absolute atomic E-state index is 5.74. The first-order valence-corrected chi connectivity index (χ1v) is 7.15. The molecule has 1 aromatic heterocycles. The lowest BCUT2D eigenvalue weighted by molar-refractivity contribution is 0.415. The van der Waals surface area contributed by atoms with Gasteiger partial charge in [-0.25, -0.2) is 0 Å². The zero-order chi connectivity index (χ0) is 13.8. The Hall–Kier alpha value is -1.59. The zero-order valence-electron chi connectivity index (χ0n) is 10.9. The summed E-state index contributed by atoms with van der Waals surface area (Å²) in [5, 5.41) is 5.47. The fraction of sp³-hybridized carbons (Fsp3) is 0.214. The smallest absolute Gasteiger partial charge is 0.120 e. The molecule has 0 amide bonds. The summed E-state index contributed by atoms with van der Waals surface area (Å²) in [6, 6.07) is 7.76. The molecule has 0 radical (unpaired) electrons. The highest BCUT2D eigenvalue weighted by Gasteiger charge is 2.08. The van der Waals surface area contributed by atoms with Crippen LogP contribution in [0.25, 0.3) is 0 Å². The minimum atomic E-state index is 0.382. The van der Waals surface area contributed by atoms with E-state index >= 15 is 0 Å². The lowest BCUT2D eigenvalue weighted by atomic mass is 10.1. The Bertz CT molecular complexity index is 593. The monoisotopic (exact) mass is 292 g/mol. The van der Waals surface area contributed by atoms with Crippen molar-refractivity contribution in [3.63, 3.8) is 0 Å². The number of thiophene rings is 1. The third-order valence-corrected chi connectivity index (χ3v) is 4.14. The molecule has 0 aliphatic carbocycles. The summed E-state index contributed by atoms with van der Waals surface area (Å²) < 4.78 is 5.23. The number of anilines is 1. The van der Waals surface area contributed by atoms with Crippen LogP contribution in [-0.4, -0.2) is 12.1 Å². The molecule has 0 aliphatic rings. The van der Waals surface area contributed by atoms with Crippen LogP contribution in [0, 0.1) is 6.92 Å². The molecule has 0 bridgehead atoms. The maximum Gasteiger partial charge on any atom is 0.120 e. The minimum Gasteiger partial charge on any atom is -0.497 e. The van der Waals surface area contributed by atoms with Gasteiger partial charge in [0.25, 0.3) is 0 Å². The third-order valence-electron chi connectivity index (χ3n) is 2.90. The highest BCUT2D eigenvalue weighted by molar-refractivity contribution is 7.80. The van der Waals surface area contributed by atoms with Gasteiger partial charge in [0, 0.05) is 28.7 Å². The van der Waals surface area contributed by atoms with Crippen molar-refractivity contribution in [1.82, 2.24) is 0 Å². The highest BCUT2D eigenvalue weighted by Crippen LogP contribution is 2.24. The summed E-state index contributed by atoms with van der Waals surface area (Å²) in [6.45, 7) is 2.86. The molecule has 3 nitrogen and oxygen atoms in total. The molecule has 19 heavy (non-hydrogen) atoms. The second-order valence-corrected chi connectivity index (χ2v) is 5.60. The van der Waals surface area contributed by atoms with E-state index in [4.69, 9.17) is 22.7 Å². The van der Waals surface area contributed by atoms with Gasteiger partial charge in [0.2, 0.25) is 0 Å². The van der Waals surface area contributed by atoms with Gasteiger partial charge >= 0.3 is 0 Å². The van der Waals surface area contributed by atoms with Crippen LogP contribution in [0.15, 0.2) is 29.6 Å². The molecule has 0 atom stereocenters. The Balaban J connectivity index is 2.22. The van der Waals surface area contributed by atoms with Gasteiger partial charge in [0.15, 0.2) is 0 Å². The molecule has 3 N–H and O–H groups in total. The van der Waals surface area contributed by atoms with Crippen LogP contribution in [-0.2, 0) is 6.54 Å². The Morgan fingerprint density at radius 1 is 1.42 bits per heavy atom. The zero-order valence-corrected chi connectivity index (χ0v) is 12.5. The molecular formula is C14H16N2OS2. The second-order valence-electron chi connectivity index (χ2n) is 4.16. The van der Waals surface area contributed by atoms with Crippen LogP contribution >= 0.6 is 23.6 Å². The van der Waals surface area contributed by atoms with Crippen molar-refractivity contribution in [2.24, 2.45) is 5.73 Å². The number of hydrogen-bond donors (Lipinski definition) is 2. The van der Waals surface area contributed by atoms with Gasteiger partial charge in [0.1, 0.15) is 10.7 Å². The van der Waals surface area contributed by atoms with Crippen LogP contribution in [0.4, 0.5) is 5.69 Å². The van der Waals surface area contributed by atoms with E-state index in [0.29, 0.717) is 4.99 Å². The largest absolute Gasteiger partial charge is 0.497 e. The van der Waals surface area contributed by atoms with E-state index in [1.54, 1.807) is 18.4 Å². The van der Waals surface area contributed by atoms with E-state index in [-0.39, 0.29) is 0 Å². The summed E-state index contributed by atoms with van der Waals surface area (Å²) in [4.78, 5) is 1.68. The molecule has 2 rings (SSSR count). The number of methoxy groups -OCH3 is 1. The van der Waals surface area contributed by atoms with Gasteiger partial charge in [-0.3, -0.25) is 0 Å². The molecule has 5 heteroatoms. The summed E-state index contributed by atoms with van der Waals surface area (Å²) in [5.41, 5.74) is 8.77. The van der Waals surface area contributed by atoms with Crippen molar-refractivity contribution in [1.29, 1.82) is 0 Å². The Kier molecular flexibility index (Phi) is 4.39. The van der Waals surface area contributed by atoms with E-state index in [0.717, 1.165) is 23.5 Å². The minimum absolute atomic E-state index is 0.382. The van der Waals surface area contributed by atoms with E-state index < -0.39 is 0 Å². The van der Waals surface area contributed by atoms with Gasteiger partial charge in [0.05, 0.1) is 7.11 Å². The van der Waals surface area contributed by atoms with Crippen molar-refractivity contribution >= 4 is 34.2 Å². The van der Waals surface area contributed by atoms with E-state index in [9.17, 15) is 0 Å². The van der Waals surface area contributed by atoms with Crippen molar-refractivity contribution in [2.45, 2.75) is 13.5 Å². The van der Waals surface area contributed by atoms with Gasteiger partial charge in [-0.05, 0) is 36.1 Å². The standard InChI is InChI=1S/C14H16N2OS2/c1-9-5-6-19-13(9)8-16-12-7-10(17-2)3-4-11(12)14(15)18/h3-7,16H,8H2,1-2H3,(H2,15,18). The molecule has 0 fully saturated rings. The number of aryl methyl sites for hydroxylation is 1. The van der Waals surface area contributed by atoms with Crippen molar-refractivity contribution in [3.8, 4) is 5.75 Å². The molecule has 1 heterocycles. The third kappa shape index (κ3) is 3.24. The molecule has 100 valence electrons. The molecule has 0 saturated carbocycles. The van der Waals surface area contributed by atoms with Crippen LogP contribution in [0.5, 0.6) is 5.75 Å². The molecule has 0 aliphatic heterocycles. The van der Waals surface area contributed by atoms with E-state index in [2.05, 4.69) is 23.7 Å². The lowest BCUT2D eigenvalue weighted by Gasteiger charge is -2.12. The summed E-state index contributed by atoms with van der Waals surface area (Å²) in [7, 11) is 1.64. The van der Waals surface area contributed by atoms with Crippen LogP contribution < -0.4 is 15.8 Å². The average molecular weight is 292 g/mol. The fourth-order valence-electron chi connectivity index (χ4n) is 1.77. The molecule has 2 aromatic rings. The molecule has 0 unspecified atom stereocenters. The Labute approximate surface area is 122 Å². The number of benzene rings is 1. The number of nitrogens with one attached hydrogen (secondary N) is 1. The maximum atomic E-state index is 5.74. The Morgan fingerprint density at radius 2 is 2.21 bits per heavy atom. The van der Waals surface area contributed by atoms with Crippen molar-refractivity contribution in [3.05, 3.63) is 45.6 Å². The lowest BCUT2D eigenvalue weighted by Crippen LogP contribution is -2.13. The normalized spacial score (nSPS) is 10.2. The molecule has 1 aromatic carbocycles.